The third-order valence-corrected chi connectivity index (χ3v) is 5.12. The molecule has 0 unspecified atom stereocenters. The van der Waals surface area contributed by atoms with Crippen molar-refractivity contribution in [2.45, 2.75) is 24.4 Å². The summed E-state index contributed by atoms with van der Waals surface area (Å²) < 4.78 is 4.43. The largest absolute Gasteiger partial charge is 0.330 e. The van der Waals surface area contributed by atoms with Crippen molar-refractivity contribution in [2.24, 2.45) is 7.05 Å². The highest BCUT2D eigenvalue weighted by Gasteiger charge is 2.12. The molecule has 0 N–H and O–H groups in total. The molecule has 0 aliphatic carbocycles. The smallest absolute Gasteiger partial charge is 0.169 e. The Morgan fingerprint density at radius 1 is 0.913 bits per heavy atom. The summed E-state index contributed by atoms with van der Waals surface area (Å²) in [6.45, 7) is 3.08. The second kappa shape index (κ2) is 5.74. The summed E-state index contributed by atoms with van der Waals surface area (Å²) in [4.78, 5) is 9.51. The number of thioether (sulfide) groups is 1. The van der Waals surface area contributed by atoms with Crippen molar-refractivity contribution >= 4 is 33.8 Å². The lowest BCUT2D eigenvalue weighted by atomic mass is 10.3. The molecular weight excluding hydrogens is 304 g/mol. The van der Waals surface area contributed by atoms with Gasteiger partial charge in [0.25, 0.3) is 0 Å². The van der Waals surface area contributed by atoms with Crippen molar-refractivity contribution in [3.05, 3.63) is 54.4 Å². The summed E-state index contributed by atoms with van der Waals surface area (Å²) in [6, 6.07) is 16.6. The Morgan fingerprint density at radius 2 is 1.57 bits per heavy atom. The fourth-order valence-electron chi connectivity index (χ4n) is 2.92. The highest BCUT2D eigenvalue weighted by molar-refractivity contribution is 7.98. The average molecular weight is 322 g/mol. The van der Waals surface area contributed by atoms with E-state index in [1.165, 1.54) is 11.0 Å². The van der Waals surface area contributed by atoms with Crippen molar-refractivity contribution in [1.29, 1.82) is 0 Å². The Kier molecular flexibility index (Phi) is 3.58. The summed E-state index contributed by atoms with van der Waals surface area (Å²) >= 11 is 1.75. The molecule has 0 spiro atoms. The highest BCUT2D eigenvalue weighted by Crippen LogP contribution is 2.27. The molecule has 4 rings (SSSR count). The van der Waals surface area contributed by atoms with Crippen molar-refractivity contribution < 1.29 is 0 Å². The van der Waals surface area contributed by atoms with E-state index in [1.807, 2.05) is 12.1 Å². The fraction of sp³-hybridized carbons (Fsp3) is 0.222. The van der Waals surface area contributed by atoms with Crippen molar-refractivity contribution in [3.63, 3.8) is 0 Å². The maximum absolute atomic E-state index is 4.77. The Bertz CT molecular complexity index is 983. The molecule has 0 saturated heterocycles. The first-order chi connectivity index (χ1) is 11.3. The molecule has 0 aliphatic heterocycles. The quantitative estimate of drug-likeness (QED) is 0.527. The first kappa shape index (κ1) is 14.3. The summed E-state index contributed by atoms with van der Waals surface area (Å²) in [6.07, 6.45) is 0. The van der Waals surface area contributed by atoms with E-state index in [0.29, 0.717) is 0 Å². The third-order valence-electron chi connectivity index (χ3n) is 4.15. The maximum Gasteiger partial charge on any atom is 0.169 e. The second-order valence-corrected chi connectivity index (χ2v) is 6.43. The van der Waals surface area contributed by atoms with E-state index in [9.17, 15) is 0 Å². The van der Waals surface area contributed by atoms with E-state index in [-0.39, 0.29) is 0 Å². The minimum atomic E-state index is 0.814. The molecule has 0 saturated carbocycles. The standard InChI is InChI=1S/C18H18N4S/c1-3-22-16-11-7-5-9-14(16)20-18(22)23-12-17-19-13-8-4-6-10-15(13)21(17)2/h4-11H,3,12H2,1-2H3. The van der Waals surface area contributed by atoms with E-state index in [4.69, 9.17) is 9.97 Å². The van der Waals surface area contributed by atoms with Crippen LogP contribution in [-0.2, 0) is 19.3 Å². The zero-order chi connectivity index (χ0) is 15.8. The Balaban J connectivity index is 1.67. The van der Waals surface area contributed by atoms with Gasteiger partial charge < -0.3 is 9.13 Å². The number of hydrogen-bond acceptors (Lipinski definition) is 3. The number of nitrogens with zero attached hydrogens (tertiary/aromatic N) is 4. The molecule has 2 aromatic carbocycles. The van der Waals surface area contributed by atoms with Gasteiger partial charge in [0, 0.05) is 13.6 Å². The predicted molar refractivity (Wildman–Crippen MR) is 95.7 cm³/mol. The molecule has 0 radical (unpaired) electrons. The lowest BCUT2D eigenvalue weighted by molar-refractivity contribution is 0.702. The van der Waals surface area contributed by atoms with Gasteiger partial charge in [0.15, 0.2) is 5.16 Å². The average Bonchev–Trinajstić information content (AvgIpc) is 3.10. The number of aryl methyl sites for hydroxylation is 2. The molecule has 2 aromatic heterocycles. The molecule has 0 atom stereocenters. The minimum absolute atomic E-state index is 0.814. The molecule has 2 heterocycles. The van der Waals surface area contributed by atoms with E-state index < -0.39 is 0 Å². The van der Waals surface area contributed by atoms with E-state index >= 15 is 0 Å². The van der Waals surface area contributed by atoms with Crippen molar-refractivity contribution in [2.75, 3.05) is 0 Å². The first-order valence-corrected chi connectivity index (χ1v) is 8.75. The number of rotatable bonds is 4. The van der Waals surface area contributed by atoms with Crippen LogP contribution in [0.1, 0.15) is 12.7 Å². The second-order valence-electron chi connectivity index (χ2n) is 5.49. The minimum Gasteiger partial charge on any atom is -0.330 e. The van der Waals surface area contributed by atoms with Crippen LogP contribution in [0.25, 0.3) is 22.1 Å². The molecule has 0 amide bonds. The number of aromatic nitrogens is 4. The summed E-state index contributed by atoms with van der Waals surface area (Å²) in [5, 5.41) is 1.06. The van der Waals surface area contributed by atoms with Crippen LogP contribution in [0.2, 0.25) is 0 Å². The predicted octanol–water partition coefficient (Wildman–Crippen LogP) is 4.24. The van der Waals surface area contributed by atoms with E-state index in [2.05, 4.69) is 59.5 Å². The van der Waals surface area contributed by atoms with Crippen molar-refractivity contribution in [3.8, 4) is 0 Å². The van der Waals surface area contributed by atoms with Crippen LogP contribution in [0.3, 0.4) is 0 Å². The highest BCUT2D eigenvalue weighted by atomic mass is 32.2. The molecule has 4 nitrogen and oxygen atoms in total. The molecule has 0 aliphatic rings. The maximum atomic E-state index is 4.77. The topological polar surface area (TPSA) is 35.6 Å². The molecule has 23 heavy (non-hydrogen) atoms. The molecule has 4 aromatic rings. The zero-order valence-electron chi connectivity index (χ0n) is 13.2. The summed E-state index contributed by atoms with van der Waals surface area (Å²) in [7, 11) is 2.08. The van der Waals surface area contributed by atoms with Crippen LogP contribution < -0.4 is 0 Å². The summed E-state index contributed by atoms with van der Waals surface area (Å²) in [5.41, 5.74) is 4.48. The fourth-order valence-corrected chi connectivity index (χ4v) is 3.99. The van der Waals surface area contributed by atoms with Crippen LogP contribution >= 0.6 is 11.8 Å². The van der Waals surface area contributed by atoms with Crippen LogP contribution in [-0.4, -0.2) is 19.1 Å². The monoisotopic (exact) mass is 322 g/mol. The van der Waals surface area contributed by atoms with Gasteiger partial charge in [0.2, 0.25) is 0 Å². The van der Waals surface area contributed by atoms with Gasteiger partial charge in [-0.15, -0.1) is 0 Å². The number of para-hydroxylation sites is 4. The van der Waals surface area contributed by atoms with E-state index in [0.717, 1.165) is 34.3 Å². The van der Waals surface area contributed by atoms with Gasteiger partial charge in [0.05, 0.1) is 27.8 Å². The van der Waals surface area contributed by atoms with Gasteiger partial charge in [-0.05, 0) is 31.2 Å². The Labute approximate surface area is 139 Å². The Morgan fingerprint density at radius 3 is 2.26 bits per heavy atom. The lowest BCUT2D eigenvalue weighted by Gasteiger charge is -2.05. The van der Waals surface area contributed by atoms with Crippen LogP contribution in [0.5, 0.6) is 0 Å². The van der Waals surface area contributed by atoms with Gasteiger partial charge in [-0.1, -0.05) is 36.0 Å². The molecule has 0 bridgehead atoms. The van der Waals surface area contributed by atoms with Crippen molar-refractivity contribution in [1.82, 2.24) is 19.1 Å². The normalized spacial score (nSPS) is 11.6. The lowest BCUT2D eigenvalue weighted by Crippen LogP contribution is -1.99. The third kappa shape index (κ3) is 2.41. The Hall–Kier alpha value is -2.27. The van der Waals surface area contributed by atoms with Gasteiger partial charge in [0.1, 0.15) is 5.82 Å². The first-order valence-electron chi connectivity index (χ1n) is 7.76. The van der Waals surface area contributed by atoms with Gasteiger partial charge in [-0.2, -0.15) is 0 Å². The molecule has 0 fully saturated rings. The van der Waals surface area contributed by atoms with Crippen LogP contribution in [0.4, 0.5) is 0 Å². The number of hydrogen-bond donors (Lipinski definition) is 0. The van der Waals surface area contributed by atoms with Crippen LogP contribution in [0, 0.1) is 0 Å². The molecular formula is C18H18N4S. The summed E-state index contributed by atoms with van der Waals surface area (Å²) in [5.74, 6) is 1.89. The number of imidazole rings is 2. The number of benzene rings is 2. The van der Waals surface area contributed by atoms with Gasteiger partial charge in [-0.25, -0.2) is 9.97 Å². The molecule has 116 valence electrons. The van der Waals surface area contributed by atoms with Crippen LogP contribution in [0.15, 0.2) is 53.7 Å². The molecule has 5 heteroatoms. The van der Waals surface area contributed by atoms with Gasteiger partial charge >= 0.3 is 0 Å². The number of fused-ring (bicyclic) bond motifs is 2. The van der Waals surface area contributed by atoms with Gasteiger partial charge in [-0.3, -0.25) is 0 Å². The van der Waals surface area contributed by atoms with E-state index in [1.54, 1.807) is 11.8 Å². The zero-order valence-corrected chi connectivity index (χ0v) is 14.0. The SMILES string of the molecule is CCn1c(SCc2nc3ccccc3n2C)nc2ccccc21.